The van der Waals surface area contributed by atoms with Gasteiger partial charge in [0.25, 0.3) is 0 Å². The van der Waals surface area contributed by atoms with Crippen LogP contribution in [-0.2, 0) is 19.3 Å². The average molecular weight is 284 g/mol. The van der Waals surface area contributed by atoms with Crippen LogP contribution in [0.3, 0.4) is 0 Å². The third-order valence-corrected chi connectivity index (χ3v) is 4.14. The lowest BCUT2D eigenvalue weighted by atomic mass is 9.89. The molecule has 2 nitrogen and oxygen atoms in total. The van der Waals surface area contributed by atoms with E-state index >= 15 is 0 Å². The van der Waals surface area contributed by atoms with Crippen LogP contribution in [0.2, 0.25) is 0 Å². The van der Waals surface area contributed by atoms with Crippen molar-refractivity contribution in [3.05, 3.63) is 27.2 Å². The van der Waals surface area contributed by atoms with Gasteiger partial charge in [0.2, 0.25) is 0 Å². The summed E-state index contributed by atoms with van der Waals surface area (Å²) in [4.78, 5) is 0. The van der Waals surface area contributed by atoms with Gasteiger partial charge in [-0.2, -0.15) is 0 Å². The van der Waals surface area contributed by atoms with Gasteiger partial charge in [-0.1, -0.05) is 6.07 Å². The molecule has 0 unspecified atom stereocenters. The van der Waals surface area contributed by atoms with Gasteiger partial charge in [-0.3, -0.25) is 0 Å². The van der Waals surface area contributed by atoms with Gasteiger partial charge in [0.1, 0.15) is 5.75 Å². The van der Waals surface area contributed by atoms with Crippen molar-refractivity contribution in [2.24, 2.45) is 5.73 Å². The Morgan fingerprint density at radius 2 is 2.06 bits per heavy atom. The van der Waals surface area contributed by atoms with Crippen LogP contribution in [0, 0.1) is 0 Å². The van der Waals surface area contributed by atoms with Crippen LogP contribution in [0.1, 0.15) is 36.0 Å². The topological polar surface area (TPSA) is 46.2 Å². The average Bonchev–Trinajstić information content (AvgIpc) is 2.32. The number of halogens is 1. The molecule has 3 heteroatoms. The number of fused-ring (bicyclic) bond motifs is 1. The lowest BCUT2D eigenvalue weighted by Gasteiger charge is -2.20. The van der Waals surface area contributed by atoms with Crippen molar-refractivity contribution in [3.63, 3.8) is 0 Å². The molecule has 0 bridgehead atoms. The highest BCUT2D eigenvalue weighted by Gasteiger charge is 2.17. The van der Waals surface area contributed by atoms with Crippen molar-refractivity contribution in [2.45, 2.75) is 38.5 Å². The molecule has 0 atom stereocenters. The van der Waals surface area contributed by atoms with Gasteiger partial charge in [-0.15, -0.1) is 0 Å². The number of aromatic hydroxyl groups is 1. The first-order valence-electron chi connectivity index (χ1n) is 5.96. The van der Waals surface area contributed by atoms with E-state index in [1.165, 1.54) is 24.0 Å². The second kappa shape index (κ2) is 5.19. The van der Waals surface area contributed by atoms with E-state index in [2.05, 4.69) is 22.0 Å². The van der Waals surface area contributed by atoms with E-state index in [9.17, 15) is 5.11 Å². The van der Waals surface area contributed by atoms with Gasteiger partial charge in [0, 0.05) is 0 Å². The standard InChI is InChI=1S/C13H18BrNO/c14-12-11-6-2-1-4-9(11)8-10(13(12)16)5-3-7-15/h8,16H,1-7,15H2. The van der Waals surface area contributed by atoms with E-state index in [-0.39, 0.29) is 0 Å². The fourth-order valence-electron chi connectivity index (χ4n) is 2.38. The van der Waals surface area contributed by atoms with E-state index in [0.29, 0.717) is 12.3 Å². The quantitative estimate of drug-likeness (QED) is 0.896. The zero-order valence-corrected chi connectivity index (χ0v) is 11.0. The fourth-order valence-corrected chi connectivity index (χ4v) is 3.09. The Morgan fingerprint density at radius 3 is 2.81 bits per heavy atom. The monoisotopic (exact) mass is 283 g/mol. The fraction of sp³-hybridized carbons (Fsp3) is 0.538. The molecular weight excluding hydrogens is 266 g/mol. The molecule has 0 radical (unpaired) electrons. The molecule has 2 rings (SSSR count). The van der Waals surface area contributed by atoms with Crippen LogP contribution in [0.25, 0.3) is 0 Å². The number of phenolic OH excluding ortho intramolecular Hbond substituents is 1. The molecule has 3 N–H and O–H groups in total. The summed E-state index contributed by atoms with van der Waals surface area (Å²) in [7, 11) is 0. The SMILES string of the molecule is NCCCc1cc2c(c(Br)c1O)CCCC2. The molecule has 0 fully saturated rings. The third-order valence-electron chi connectivity index (χ3n) is 3.29. The summed E-state index contributed by atoms with van der Waals surface area (Å²) in [5, 5.41) is 10.1. The van der Waals surface area contributed by atoms with E-state index in [1.807, 2.05) is 0 Å². The molecule has 0 spiro atoms. The minimum absolute atomic E-state index is 0.425. The Kier molecular flexibility index (Phi) is 3.87. The minimum atomic E-state index is 0.425. The van der Waals surface area contributed by atoms with Crippen molar-refractivity contribution in [3.8, 4) is 5.75 Å². The van der Waals surface area contributed by atoms with E-state index < -0.39 is 0 Å². The first-order valence-corrected chi connectivity index (χ1v) is 6.75. The van der Waals surface area contributed by atoms with Gasteiger partial charge >= 0.3 is 0 Å². The lowest BCUT2D eigenvalue weighted by Crippen LogP contribution is -2.06. The Morgan fingerprint density at radius 1 is 1.31 bits per heavy atom. The number of hydrogen-bond acceptors (Lipinski definition) is 2. The molecule has 1 aromatic rings. The Hall–Kier alpha value is -0.540. The smallest absolute Gasteiger partial charge is 0.133 e. The minimum Gasteiger partial charge on any atom is -0.506 e. The molecule has 88 valence electrons. The summed E-state index contributed by atoms with van der Waals surface area (Å²) in [5.74, 6) is 0.425. The maximum Gasteiger partial charge on any atom is 0.133 e. The predicted molar refractivity (Wildman–Crippen MR) is 69.8 cm³/mol. The van der Waals surface area contributed by atoms with Crippen LogP contribution in [-0.4, -0.2) is 11.7 Å². The third kappa shape index (κ3) is 2.25. The maximum atomic E-state index is 10.1. The number of nitrogens with two attached hydrogens (primary N) is 1. The van der Waals surface area contributed by atoms with E-state index in [4.69, 9.17) is 5.73 Å². The zero-order chi connectivity index (χ0) is 11.5. The Bertz CT molecular complexity index is 390. The molecule has 0 aliphatic heterocycles. The molecule has 1 aromatic carbocycles. The molecule has 0 amide bonds. The predicted octanol–water partition coefficient (Wildman–Crippen LogP) is 2.92. The molecule has 16 heavy (non-hydrogen) atoms. The first-order chi connectivity index (χ1) is 7.74. The highest BCUT2D eigenvalue weighted by atomic mass is 79.9. The summed E-state index contributed by atoms with van der Waals surface area (Å²) >= 11 is 3.53. The molecule has 0 saturated heterocycles. The molecule has 0 heterocycles. The number of hydrogen-bond donors (Lipinski definition) is 2. The second-order valence-corrected chi connectivity index (χ2v) is 5.23. The molecular formula is C13H18BrNO. The maximum absolute atomic E-state index is 10.1. The van der Waals surface area contributed by atoms with Crippen molar-refractivity contribution in [2.75, 3.05) is 6.54 Å². The van der Waals surface area contributed by atoms with Gasteiger partial charge in [-0.25, -0.2) is 0 Å². The summed E-state index contributed by atoms with van der Waals surface area (Å²) in [6, 6.07) is 2.17. The van der Waals surface area contributed by atoms with Gasteiger partial charge in [0.05, 0.1) is 4.47 Å². The number of rotatable bonds is 3. The second-order valence-electron chi connectivity index (χ2n) is 4.44. The van der Waals surface area contributed by atoms with Crippen molar-refractivity contribution < 1.29 is 5.11 Å². The molecule has 0 saturated carbocycles. The lowest BCUT2D eigenvalue weighted by molar-refractivity contribution is 0.461. The van der Waals surface area contributed by atoms with Crippen molar-refractivity contribution in [1.82, 2.24) is 0 Å². The Labute approximate surface area is 105 Å². The highest BCUT2D eigenvalue weighted by Crippen LogP contribution is 2.37. The number of phenols is 1. The zero-order valence-electron chi connectivity index (χ0n) is 9.43. The van der Waals surface area contributed by atoms with Crippen LogP contribution in [0.5, 0.6) is 5.75 Å². The highest BCUT2D eigenvalue weighted by molar-refractivity contribution is 9.10. The van der Waals surface area contributed by atoms with Gasteiger partial charge < -0.3 is 10.8 Å². The molecule has 0 aromatic heterocycles. The number of aryl methyl sites for hydroxylation is 2. The van der Waals surface area contributed by atoms with Gasteiger partial charge in [0.15, 0.2) is 0 Å². The van der Waals surface area contributed by atoms with Crippen LogP contribution >= 0.6 is 15.9 Å². The van der Waals surface area contributed by atoms with Crippen LogP contribution in [0.4, 0.5) is 0 Å². The number of benzene rings is 1. The van der Waals surface area contributed by atoms with E-state index in [1.54, 1.807) is 0 Å². The van der Waals surface area contributed by atoms with Crippen molar-refractivity contribution in [1.29, 1.82) is 0 Å². The summed E-state index contributed by atoms with van der Waals surface area (Å²) in [5.41, 5.74) is 9.26. The van der Waals surface area contributed by atoms with E-state index in [0.717, 1.165) is 35.7 Å². The molecule has 1 aliphatic carbocycles. The van der Waals surface area contributed by atoms with Crippen LogP contribution in [0.15, 0.2) is 10.5 Å². The van der Waals surface area contributed by atoms with Crippen molar-refractivity contribution >= 4 is 15.9 Å². The van der Waals surface area contributed by atoms with Crippen LogP contribution < -0.4 is 5.73 Å². The normalized spacial score (nSPS) is 14.9. The first kappa shape index (κ1) is 11.9. The summed E-state index contributed by atoms with van der Waals surface area (Å²) < 4.78 is 0.914. The summed E-state index contributed by atoms with van der Waals surface area (Å²) in [6.45, 7) is 0.675. The molecule has 1 aliphatic rings. The summed E-state index contributed by atoms with van der Waals surface area (Å²) in [6.07, 6.45) is 6.52. The Balaban J connectivity index is 2.36. The van der Waals surface area contributed by atoms with Gasteiger partial charge in [-0.05, 0) is 77.7 Å². The largest absolute Gasteiger partial charge is 0.506 e.